The predicted molar refractivity (Wildman–Crippen MR) is 119 cm³/mol. The topological polar surface area (TPSA) is 25.8 Å². The van der Waals surface area contributed by atoms with Gasteiger partial charge in [-0.15, -0.1) is 0 Å². The third-order valence-electron chi connectivity index (χ3n) is 4.27. The number of hydrogen-bond acceptors (Lipinski definition) is 2. The molecule has 4 rings (SSSR count). The summed E-state index contributed by atoms with van der Waals surface area (Å²) in [4.78, 5) is 9.43. The molecule has 0 amide bonds. The van der Waals surface area contributed by atoms with Crippen LogP contribution in [0.4, 0.5) is 0 Å². The Labute approximate surface area is 162 Å². The number of hydrogen-bond donors (Lipinski definition) is 0. The van der Waals surface area contributed by atoms with Crippen LogP contribution in [-0.2, 0) is 0 Å². The van der Waals surface area contributed by atoms with E-state index in [0.29, 0.717) is 0 Å². The van der Waals surface area contributed by atoms with E-state index in [1.807, 2.05) is 24.5 Å². The Hall–Kier alpha value is -2.40. The van der Waals surface area contributed by atoms with Gasteiger partial charge in [0.1, 0.15) is 0 Å². The van der Waals surface area contributed by atoms with E-state index < -0.39 is 15.8 Å². The third-order valence-corrected chi connectivity index (χ3v) is 10.0. The number of rotatable bonds is 6. The first-order chi connectivity index (χ1) is 13.4. The zero-order valence-electron chi connectivity index (χ0n) is 14.9. The van der Waals surface area contributed by atoms with Crippen LogP contribution in [0.5, 0.6) is 0 Å². The molecule has 0 N–H and O–H groups in total. The molecule has 27 heavy (non-hydrogen) atoms. The number of nitrogens with zero attached hydrogens (tertiary/aromatic N) is 2. The molecule has 0 radical (unpaired) electrons. The van der Waals surface area contributed by atoms with Gasteiger partial charge in [0.15, 0.2) is 0 Å². The molecule has 0 aliphatic carbocycles. The molecule has 132 valence electrons. The highest BCUT2D eigenvalue weighted by molar-refractivity contribution is 7.88. The van der Waals surface area contributed by atoms with Crippen LogP contribution in [-0.4, -0.2) is 15.9 Å². The second-order valence-electron chi connectivity index (χ2n) is 6.04. The highest BCUT2D eigenvalue weighted by Crippen LogP contribution is 2.47. The van der Waals surface area contributed by atoms with Crippen molar-refractivity contribution in [1.29, 1.82) is 0 Å². The lowest BCUT2D eigenvalue weighted by molar-refractivity contribution is 1.38. The quantitative estimate of drug-likeness (QED) is 0.468. The molecule has 4 heteroatoms. The van der Waals surface area contributed by atoms with Crippen molar-refractivity contribution in [3.8, 4) is 0 Å². The SMILES string of the molecule is c1ccc(P(CP(c2ccccc2)c2ccccn2)c2ccccn2)cc1. The standard InChI is InChI=1S/C23H20N2P2/c1-3-11-20(12-4-1)26(22-15-7-9-17-24-22)19-27(21-13-5-2-6-14-21)23-16-8-10-18-25-23/h1-18H,19H2. The van der Waals surface area contributed by atoms with E-state index in [2.05, 4.69) is 84.9 Å². The molecule has 0 fully saturated rings. The van der Waals surface area contributed by atoms with Gasteiger partial charge in [-0.1, -0.05) is 72.8 Å². The van der Waals surface area contributed by atoms with E-state index in [4.69, 9.17) is 9.97 Å². The van der Waals surface area contributed by atoms with Gasteiger partial charge >= 0.3 is 0 Å². The van der Waals surface area contributed by atoms with Gasteiger partial charge in [0.05, 0.1) is 10.9 Å². The van der Waals surface area contributed by atoms with Crippen molar-refractivity contribution < 1.29 is 0 Å². The summed E-state index contributed by atoms with van der Waals surface area (Å²) >= 11 is 0. The summed E-state index contributed by atoms with van der Waals surface area (Å²) in [6, 6.07) is 34.1. The van der Waals surface area contributed by atoms with Crippen molar-refractivity contribution in [3.05, 3.63) is 109 Å². The lowest BCUT2D eigenvalue weighted by atomic mass is 10.4. The van der Waals surface area contributed by atoms with Crippen molar-refractivity contribution in [2.45, 2.75) is 0 Å². The smallest absolute Gasteiger partial charge is 0.0679 e. The Morgan fingerprint density at radius 2 is 0.889 bits per heavy atom. The van der Waals surface area contributed by atoms with Crippen molar-refractivity contribution >= 4 is 37.3 Å². The van der Waals surface area contributed by atoms with Gasteiger partial charge < -0.3 is 0 Å². The fourth-order valence-electron chi connectivity index (χ4n) is 2.96. The maximum absolute atomic E-state index is 4.71. The molecule has 0 bridgehead atoms. The Kier molecular flexibility index (Phi) is 5.99. The molecular weight excluding hydrogens is 366 g/mol. The van der Waals surface area contributed by atoms with Crippen LogP contribution in [0.3, 0.4) is 0 Å². The summed E-state index contributed by atoms with van der Waals surface area (Å²) in [5, 5.41) is 2.73. The molecule has 2 unspecified atom stereocenters. The maximum atomic E-state index is 4.71. The van der Waals surface area contributed by atoms with Gasteiger partial charge in [-0.3, -0.25) is 9.97 Å². The zero-order chi connectivity index (χ0) is 18.3. The van der Waals surface area contributed by atoms with Crippen LogP contribution < -0.4 is 21.5 Å². The van der Waals surface area contributed by atoms with E-state index in [9.17, 15) is 0 Å². The highest BCUT2D eigenvalue weighted by Gasteiger charge is 2.23. The summed E-state index contributed by atoms with van der Waals surface area (Å²) in [6.07, 6.45) is 3.80. The molecule has 0 spiro atoms. The summed E-state index contributed by atoms with van der Waals surface area (Å²) < 4.78 is 0. The van der Waals surface area contributed by atoms with E-state index >= 15 is 0 Å². The Bertz CT molecular complexity index is 789. The van der Waals surface area contributed by atoms with Crippen LogP contribution in [0.25, 0.3) is 0 Å². The second kappa shape index (κ2) is 9.00. The first-order valence-corrected chi connectivity index (χ1v) is 11.9. The minimum atomic E-state index is -0.560. The molecule has 0 saturated heterocycles. The monoisotopic (exact) mass is 386 g/mol. The Morgan fingerprint density at radius 3 is 1.26 bits per heavy atom. The van der Waals surface area contributed by atoms with E-state index in [1.165, 1.54) is 21.5 Å². The first-order valence-electron chi connectivity index (χ1n) is 8.89. The normalized spacial score (nSPS) is 13.0. The van der Waals surface area contributed by atoms with Crippen molar-refractivity contribution in [2.24, 2.45) is 0 Å². The van der Waals surface area contributed by atoms with Crippen molar-refractivity contribution in [2.75, 3.05) is 5.90 Å². The van der Waals surface area contributed by atoms with Gasteiger partial charge in [-0.25, -0.2) is 0 Å². The molecule has 2 atom stereocenters. The van der Waals surface area contributed by atoms with Crippen LogP contribution in [0, 0.1) is 0 Å². The van der Waals surface area contributed by atoms with Gasteiger partial charge in [-0.2, -0.15) is 0 Å². The Balaban J connectivity index is 1.77. The number of pyridine rings is 2. The molecule has 2 aromatic carbocycles. The highest BCUT2D eigenvalue weighted by atomic mass is 31.2. The lowest BCUT2D eigenvalue weighted by Gasteiger charge is -2.24. The third kappa shape index (κ3) is 4.48. The van der Waals surface area contributed by atoms with Gasteiger partial charge in [0.25, 0.3) is 0 Å². The largest absolute Gasteiger partial charge is 0.256 e. The Morgan fingerprint density at radius 1 is 0.481 bits per heavy atom. The van der Waals surface area contributed by atoms with E-state index in [-0.39, 0.29) is 0 Å². The van der Waals surface area contributed by atoms with Gasteiger partial charge in [-0.05, 0) is 50.7 Å². The van der Waals surface area contributed by atoms with Crippen LogP contribution in [0.1, 0.15) is 0 Å². The van der Waals surface area contributed by atoms with Gasteiger partial charge in [0, 0.05) is 18.3 Å². The van der Waals surface area contributed by atoms with Crippen LogP contribution in [0.2, 0.25) is 0 Å². The molecule has 2 aromatic heterocycles. The minimum Gasteiger partial charge on any atom is -0.256 e. The second-order valence-corrected chi connectivity index (χ2v) is 10.8. The minimum absolute atomic E-state index is 0.560. The zero-order valence-corrected chi connectivity index (χ0v) is 16.7. The van der Waals surface area contributed by atoms with Crippen molar-refractivity contribution in [1.82, 2.24) is 9.97 Å². The molecule has 0 aliphatic rings. The molecule has 0 aliphatic heterocycles. The summed E-state index contributed by atoms with van der Waals surface area (Å²) in [5.41, 5.74) is 2.36. The average Bonchev–Trinajstić information content (AvgIpc) is 2.77. The average molecular weight is 386 g/mol. The summed E-state index contributed by atoms with van der Waals surface area (Å²) in [7, 11) is -1.12. The van der Waals surface area contributed by atoms with Gasteiger partial charge in [0.2, 0.25) is 0 Å². The van der Waals surface area contributed by atoms with Crippen LogP contribution in [0.15, 0.2) is 109 Å². The first kappa shape index (κ1) is 18.0. The van der Waals surface area contributed by atoms with Crippen LogP contribution >= 0.6 is 15.8 Å². The summed E-state index contributed by atoms with van der Waals surface area (Å²) in [6.45, 7) is 0. The van der Waals surface area contributed by atoms with E-state index in [1.54, 1.807) is 0 Å². The molecule has 2 heterocycles. The van der Waals surface area contributed by atoms with E-state index in [0.717, 1.165) is 5.90 Å². The summed E-state index contributed by atoms with van der Waals surface area (Å²) in [5.74, 6) is 1.05. The molecule has 0 saturated carbocycles. The number of benzene rings is 2. The predicted octanol–water partition coefficient (Wildman–Crippen LogP) is 4.00. The molecular formula is C23H20N2P2. The lowest BCUT2D eigenvalue weighted by Crippen LogP contribution is -2.22. The fourth-order valence-corrected chi connectivity index (χ4v) is 9.09. The number of aromatic nitrogens is 2. The maximum Gasteiger partial charge on any atom is 0.0679 e. The molecule has 2 nitrogen and oxygen atoms in total. The van der Waals surface area contributed by atoms with Crippen molar-refractivity contribution in [3.63, 3.8) is 0 Å². The fraction of sp³-hybridized carbons (Fsp3) is 0.0435. The molecule has 4 aromatic rings.